The van der Waals surface area contributed by atoms with Crippen molar-refractivity contribution < 1.29 is 9.22 Å². The van der Waals surface area contributed by atoms with Crippen molar-refractivity contribution in [3.05, 3.63) is 41.2 Å². The van der Waals surface area contributed by atoms with E-state index >= 15 is 0 Å². The monoisotopic (exact) mass is 442 g/mol. The highest BCUT2D eigenvalue weighted by Gasteiger charge is 2.51. The Kier molecular flexibility index (Phi) is 6.29. The van der Waals surface area contributed by atoms with Crippen LogP contribution in [0.1, 0.15) is 84.0 Å². The lowest BCUT2D eigenvalue weighted by molar-refractivity contribution is 0.0842. The van der Waals surface area contributed by atoms with E-state index in [1.54, 1.807) is 0 Å². The van der Waals surface area contributed by atoms with Gasteiger partial charge >= 0.3 is 0 Å². The number of carbonyl (C=O) groups is 1. The SMILES string of the molecule is CC(C)[Si](OC1=C2CCCC[C@H]2[C@H]2C(=O)c3ccccc3S[C@H]2C1)(C(C)C)C(C)C. The van der Waals surface area contributed by atoms with Crippen LogP contribution >= 0.6 is 11.8 Å². The fourth-order valence-corrected chi connectivity index (χ4v) is 13.6. The number of ketones is 1. The Bertz CT molecular complexity index is 819. The summed E-state index contributed by atoms with van der Waals surface area (Å²) in [4.78, 5) is 14.7. The summed E-state index contributed by atoms with van der Waals surface area (Å²) >= 11 is 1.94. The van der Waals surface area contributed by atoms with E-state index in [2.05, 4.69) is 53.7 Å². The molecule has 0 spiro atoms. The van der Waals surface area contributed by atoms with Crippen LogP contribution < -0.4 is 0 Å². The van der Waals surface area contributed by atoms with Crippen molar-refractivity contribution in [3.8, 4) is 0 Å². The van der Waals surface area contributed by atoms with Crippen molar-refractivity contribution in [2.75, 3.05) is 0 Å². The number of allylic oxidation sites excluding steroid dienone is 2. The summed E-state index contributed by atoms with van der Waals surface area (Å²) in [5.41, 5.74) is 4.19. The van der Waals surface area contributed by atoms with Gasteiger partial charge in [0.1, 0.15) is 0 Å². The molecule has 3 atom stereocenters. The van der Waals surface area contributed by atoms with Crippen molar-refractivity contribution in [2.45, 2.75) is 100 Å². The number of hydrogen-bond donors (Lipinski definition) is 0. The largest absolute Gasteiger partial charge is 0.546 e. The molecule has 0 unspecified atom stereocenters. The lowest BCUT2D eigenvalue weighted by Crippen LogP contribution is -2.49. The molecule has 0 saturated heterocycles. The smallest absolute Gasteiger partial charge is 0.258 e. The van der Waals surface area contributed by atoms with E-state index in [9.17, 15) is 4.79 Å². The maximum absolute atomic E-state index is 13.6. The zero-order chi connectivity index (χ0) is 21.6. The maximum Gasteiger partial charge on any atom is 0.258 e. The van der Waals surface area contributed by atoms with Crippen LogP contribution in [0.25, 0.3) is 0 Å². The summed E-state index contributed by atoms with van der Waals surface area (Å²) < 4.78 is 7.30. The summed E-state index contributed by atoms with van der Waals surface area (Å²) in [6.07, 6.45) is 5.69. The van der Waals surface area contributed by atoms with E-state index in [-0.39, 0.29) is 5.92 Å². The molecule has 0 N–H and O–H groups in total. The van der Waals surface area contributed by atoms with Gasteiger partial charge in [0, 0.05) is 28.0 Å². The van der Waals surface area contributed by atoms with Gasteiger partial charge < -0.3 is 4.43 Å². The van der Waals surface area contributed by atoms with Crippen molar-refractivity contribution >= 4 is 25.9 Å². The normalized spacial score (nSPS) is 26.7. The summed E-state index contributed by atoms with van der Waals surface area (Å²) in [6.45, 7) is 14.2. The van der Waals surface area contributed by atoms with Crippen molar-refractivity contribution in [2.24, 2.45) is 11.8 Å². The van der Waals surface area contributed by atoms with Crippen molar-refractivity contribution in [1.29, 1.82) is 0 Å². The number of Topliss-reactive ketones (excluding diaryl/α,β-unsaturated/α-hetero) is 1. The van der Waals surface area contributed by atoms with Gasteiger partial charge in [0.25, 0.3) is 8.32 Å². The number of carbonyl (C=O) groups excluding carboxylic acids is 1. The topological polar surface area (TPSA) is 26.3 Å². The molecule has 4 rings (SSSR count). The highest BCUT2D eigenvalue weighted by Crippen LogP contribution is 2.55. The molecule has 0 radical (unpaired) electrons. The number of rotatable bonds is 5. The van der Waals surface area contributed by atoms with Crippen LogP contribution in [0.5, 0.6) is 0 Å². The van der Waals surface area contributed by atoms with Gasteiger partial charge in [-0.3, -0.25) is 4.79 Å². The summed E-state index contributed by atoms with van der Waals surface area (Å²) in [7, 11) is -1.99. The summed E-state index contributed by atoms with van der Waals surface area (Å²) in [5.74, 6) is 2.21. The molecule has 164 valence electrons. The predicted octanol–water partition coefficient (Wildman–Crippen LogP) is 8.00. The third-order valence-electron chi connectivity index (χ3n) is 7.98. The first kappa shape index (κ1) is 22.2. The molecule has 3 aliphatic rings. The molecule has 2 aliphatic carbocycles. The third-order valence-corrected chi connectivity index (χ3v) is 15.4. The quantitative estimate of drug-likeness (QED) is 0.432. The lowest BCUT2D eigenvalue weighted by Gasteiger charge is -2.49. The van der Waals surface area contributed by atoms with Crippen LogP contribution in [0.15, 0.2) is 40.5 Å². The Morgan fingerprint density at radius 2 is 1.67 bits per heavy atom. The second kappa shape index (κ2) is 8.50. The molecule has 1 aromatic rings. The Morgan fingerprint density at radius 1 is 1.00 bits per heavy atom. The van der Waals surface area contributed by atoms with Gasteiger partial charge in [-0.05, 0) is 53.4 Å². The third kappa shape index (κ3) is 3.52. The van der Waals surface area contributed by atoms with Crippen LogP contribution in [0.4, 0.5) is 0 Å². The van der Waals surface area contributed by atoms with Gasteiger partial charge in [-0.2, -0.15) is 0 Å². The number of hydrogen-bond acceptors (Lipinski definition) is 3. The Hall–Kier alpha value is -1.00. The van der Waals surface area contributed by atoms with Gasteiger partial charge in [0.15, 0.2) is 5.78 Å². The van der Waals surface area contributed by atoms with Gasteiger partial charge in [-0.1, -0.05) is 66.2 Å². The van der Waals surface area contributed by atoms with Crippen molar-refractivity contribution in [1.82, 2.24) is 0 Å². The standard InChI is InChI=1S/C26H38O2SSi/c1-16(2)30(17(3)4,18(5)6)28-22-15-24-25(20-12-8-7-11-19(20)22)26(27)21-13-9-10-14-23(21)29-24/h9-10,13-14,16-18,20,24-25H,7-8,11-12,15H2,1-6H3/t20-,24+,25-/m1/s1. The molecular weight excluding hydrogens is 404 g/mol. The van der Waals surface area contributed by atoms with Crippen LogP contribution in [0.3, 0.4) is 0 Å². The second-order valence-electron chi connectivity index (χ2n) is 10.5. The Balaban J connectivity index is 1.75. The number of benzene rings is 1. The lowest BCUT2D eigenvalue weighted by atomic mass is 9.68. The van der Waals surface area contributed by atoms with Crippen LogP contribution in [0, 0.1) is 11.8 Å². The molecule has 0 amide bonds. The minimum absolute atomic E-state index is 0.140. The van der Waals surface area contributed by atoms with Gasteiger partial charge in [-0.25, -0.2) is 0 Å². The molecule has 0 aromatic heterocycles. The minimum atomic E-state index is -1.99. The molecule has 30 heavy (non-hydrogen) atoms. The fourth-order valence-electron chi connectivity index (χ4n) is 6.74. The summed E-state index contributed by atoms with van der Waals surface area (Å²) in [6, 6.07) is 8.24. The van der Waals surface area contributed by atoms with Gasteiger partial charge in [-0.15, -0.1) is 11.8 Å². The van der Waals surface area contributed by atoms with E-state index in [4.69, 9.17) is 4.43 Å². The average Bonchev–Trinajstić information content (AvgIpc) is 2.71. The van der Waals surface area contributed by atoms with Gasteiger partial charge in [0.2, 0.25) is 0 Å². The highest BCUT2D eigenvalue weighted by molar-refractivity contribution is 8.00. The molecule has 1 aliphatic heterocycles. The van der Waals surface area contributed by atoms with Crippen LogP contribution in [-0.4, -0.2) is 19.4 Å². The van der Waals surface area contributed by atoms with Crippen LogP contribution in [0.2, 0.25) is 16.6 Å². The van der Waals surface area contributed by atoms with E-state index in [1.807, 2.05) is 23.9 Å². The molecule has 1 saturated carbocycles. The predicted molar refractivity (Wildman–Crippen MR) is 130 cm³/mol. The van der Waals surface area contributed by atoms with E-state index < -0.39 is 8.32 Å². The molecule has 2 nitrogen and oxygen atoms in total. The molecule has 1 heterocycles. The fraction of sp³-hybridized carbons (Fsp3) is 0.654. The number of fused-ring (bicyclic) bond motifs is 4. The first-order chi connectivity index (χ1) is 14.3. The first-order valence-electron chi connectivity index (χ1n) is 12.0. The number of thioether (sulfide) groups is 1. The first-order valence-corrected chi connectivity index (χ1v) is 15.0. The molecule has 1 aromatic carbocycles. The van der Waals surface area contributed by atoms with Crippen LogP contribution in [-0.2, 0) is 4.43 Å². The summed E-state index contributed by atoms with van der Waals surface area (Å²) in [5, 5.41) is 0.326. The highest BCUT2D eigenvalue weighted by atomic mass is 32.2. The van der Waals surface area contributed by atoms with E-state index in [0.29, 0.717) is 33.6 Å². The zero-order valence-corrected chi connectivity index (χ0v) is 21.4. The zero-order valence-electron chi connectivity index (χ0n) is 19.5. The molecule has 0 bridgehead atoms. The average molecular weight is 443 g/mol. The minimum Gasteiger partial charge on any atom is -0.546 e. The van der Waals surface area contributed by atoms with Gasteiger partial charge in [0.05, 0.1) is 5.76 Å². The molecule has 1 fully saturated rings. The Morgan fingerprint density at radius 3 is 2.33 bits per heavy atom. The van der Waals surface area contributed by atoms with E-state index in [0.717, 1.165) is 24.8 Å². The molecule has 4 heteroatoms. The maximum atomic E-state index is 13.6. The second-order valence-corrected chi connectivity index (χ2v) is 17.1. The Labute approximate surface area is 188 Å². The molecular formula is C26H38O2SSi. The van der Waals surface area contributed by atoms with Crippen molar-refractivity contribution in [3.63, 3.8) is 0 Å². The van der Waals surface area contributed by atoms with E-state index in [1.165, 1.54) is 29.1 Å².